The van der Waals surface area contributed by atoms with E-state index in [4.69, 9.17) is 0 Å². The fraction of sp³-hybridized carbons (Fsp3) is 0.316. The largest absolute Gasteiger partial charge is 0.573 e. The Bertz CT molecular complexity index is 738. The van der Waals surface area contributed by atoms with Crippen LogP contribution in [0.25, 0.3) is 0 Å². The molecule has 0 aliphatic heterocycles. The van der Waals surface area contributed by atoms with Crippen LogP contribution in [0.3, 0.4) is 0 Å². The molecule has 2 amide bonds. The third kappa shape index (κ3) is 5.68. The van der Waals surface area contributed by atoms with Gasteiger partial charge in [0.2, 0.25) is 0 Å². The molecule has 2 rings (SSSR count). The fourth-order valence-corrected chi connectivity index (χ4v) is 2.60. The first kappa shape index (κ1) is 19.6. The molecule has 0 aliphatic carbocycles. The predicted molar refractivity (Wildman–Crippen MR) is 94.2 cm³/mol. The van der Waals surface area contributed by atoms with Crippen LogP contribution >= 0.6 is 0 Å². The summed E-state index contributed by atoms with van der Waals surface area (Å²) in [6, 6.07) is 10.9. The van der Waals surface area contributed by atoms with Crippen molar-refractivity contribution in [1.82, 2.24) is 5.32 Å². The number of nitrogens with one attached hydrogen (secondary N) is 2. The summed E-state index contributed by atoms with van der Waals surface area (Å²) in [5.74, 6) is -0.318. The first-order valence-electron chi connectivity index (χ1n) is 8.32. The van der Waals surface area contributed by atoms with E-state index in [1.807, 2.05) is 32.0 Å². The first-order chi connectivity index (χ1) is 12.3. The topological polar surface area (TPSA) is 50.4 Å². The molecular formula is C19H21F3N2O2. The number of rotatable bonds is 6. The van der Waals surface area contributed by atoms with Gasteiger partial charge in [-0.05, 0) is 41.7 Å². The molecule has 7 heteroatoms. The summed E-state index contributed by atoms with van der Waals surface area (Å²) < 4.78 is 40.7. The van der Waals surface area contributed by atoms with Gasteiger partial charge in [0.15, 0.2) is 0 Å². The van der Waals surface area contributed by atoms with Crippen LogP contribution < -0.4 is 15.4 Å². The van der Waals surface area contributed by atoms with Crippen molar-refractivity contribution in [2.24, 2.45) is 0 Å². The predicted octanol–water partition coefficient (Wildman–Crippen LogP) is 5.03. The number of anilines is 1. The molecule has 0 heterocycles. The minimum Gasteiger partial charge on any atom is -0.406 e. The molecule has 0 spiro atoms. The Balaban J connectivity index is 2.01. The molecule has 26 heavy (non-hydrogen) atoms. The average molecular weight is 366 g/mol. The van der Waals surface area contributed by atoms with E-state index in [0.717, 1.165) is 29.7 Å². The maximum atomic E-state index is 12.3. The second-order valence-electron chi connectivity index (χ2n) is 5.66. The molecular weight excluding hydrogens is 345 g/mol. The normalized spacial score (nSPS) is 11.1. The summed E-state index contributed by atoms with van der Waals surface area (Å²) >= 11 is 0. The third-order valence-electron chi connectivity index (χ3n) is 3.82. The Labute approximate surface area is 150 Å². The van der Waals surface area contributed by atoms with Gasteiger partial charge in [-0.2, -0.15) is 0 Å². The average Bonchev–Trinajstić information content (AvgIpc) is 2.59. The van der Waals surface area contributed by atoms with Crippen LogP contribution in [-0.4, -0.2) is 12.4 Å². The number of carbonyl (C=O) groups excluding carboxylic acids is 1. The molecule has 0 bridgehead atoms. The molecule has 2 aromatic carbocycles. The van der Waals surface area contributed by atoms with Crippen LogP contribution in [0, 0.1) is 0 Å². The van der Waals surface area contributed by atoms with Crippen molar-refractivity contribution in [1.29, 1.82) is 0 Å². The van der Waals surface area contributed by atoms with Crippen LogP contribution in [0.15, 0.2) is 42.5 Å². The number of benzene rings is 2. The van der Waals surface area contributed by atoms with Crippen molar-refractivity contribution in [2.45, 2.75) is 39.6 Å². The van der Waals surface area contributed by atoms with Crippen molar-refractivity contribution in [3.63, 3.8) is 0 Å². The van der Waals surface area contributed by atoms with Crippen LogP contribution in [0.1, 0.15) is 30.5 Å². The van der Waals surface area contributed by atoms with E-state index in [0.29, 0.717) is 5.56 Å². The lowest BCUT2D eigenvalue weighted by Gasteiger charge is -2.15. The molecule has 2 aromatic rings. The molecule has 0 unspecified atom stereocenters. The summed E-state index contributed by atoms with van der Waals surface area (Å²) in [4.78, 5) is 12.2. The molecule has 0 radical (unpaired) electrons. The van der Waals surface area contributed by atoms with E-state index in [-0.39, 0.29) is 12.3 Å². The molecule has 0 aromatic heterocycles. The van der Waals surface area contributed by atoms with Crippen molar-refractivity contribution in [3.8, 4) is 5.75 Å². The van der Waals surface area contributed by atoms with E-state index < -0.39 is 12.4 Å². The highest BCUT2D eigenvalue weighted by Crippen LogP contribution is 2.24. The van der Waals surface area contributed by atoms with Gasteiger partial charge in [0.05, 0.1) is 0 Å². The van der Waals surface area contributed by atoms with Gasteiger partial charge in [0.1, 0.15) is 5.75 Å². The maximum absolute atomic E-state index is 12.3. The summed E-state index contributed by atoms with van der Waals surface area (Å²) in [6.45, 7) is 4.09. The Kier molecular flexibility index (Phi) is 6.49. The highest BCUT2D eigenvalue weighted by atomic mass is 19.4. The zero-order chi connectivity index (χ0) is 19.2. The number of carbonyl (C=O) groups is 1. The molecule has 0 aliphatic rings. The van der Waals surface area contributed by atoms with Gasteiger partial charge in [-0.3, -0.25) is 0 Å². The Hall–Kier alpha value is -2.70. The van der Waals surface area contributed by atoms with Gasteiger partial charge in [0.25, 0.3) is 0 Å². The minimum atomic E-state index is -4.75. The number of aryl methyl sites for hydroxylation is 2. The molecule has 140 valence electrons. The molecule has 0 saturated heterocycles. The van der Waals surface area contributed by atoms with Crippen molar-refractivity contribution >= 4 is 11.7 Å². The highest BCUT2D eigenvalue weighted by Gasteiger charge is 2.31. The molecule has 4 nitrogen and oxygen atoms in total. The fourth-order valence-electron chi connectivity index (χ4n) is 2.60. The van der Waals surface area contributed by atoms with Gasteiger partial charge in [0, 0.05) is 12.2 Å². The van der Waals surface area contributed by atoms with Crippen molar-refractivity contribution < 1.29 is 22.7 Å². The number of para-hydroxylation sites is 1. The SMILES string of the molecule is CCc1cccc(CC)c1NC(=O)NCc1cccc(OC(F)(F)F)c1. The van der Waals surface area contributed by atoms with E-state index in [2.05, 4.69) is 15.4 Å². The molecule has 0 atom stereocenters. The minimum absolute atomic E-state index is 0.0800. The standard InChI is InChI=1S/C19H21F3N2O2/c1-3-14-8-6-9-15(4-2)17(14)24-18(25)23-12-13-7-5-10-16(11-13)26-19(20,21)22/h5-11H,3-4,12H2,1-2H3,(H2,23,24,25). The number of amides is 2. The zero-order valence-corrected chi connectivity index (χ0v) is 14.6. The van der Waals surface area contributed by atoms with Crippen molar-refractivity contribution in [2.75, 3.05) is 5.32 Å². The summed E-state index contributed by atoms with van der Waals surface area (Å²) in [6.07, 6.45) is -3.19. The zero-order valence-electron chi connectivity index (χ0n) is 14.6. The number of urea groups is 1. The second kappa shape index (κ2) is 8.60. The number of hydrogen-bond acceptors (Lipinski definition) is 2. The molecule has 0 saturated carbocycles. The lowest BCUT2D eigenvalue weighted by atomic mass is 10.0. The van der Waals surface area contributed by atoms with Gasteiger partial charge in [-0.1, -0.05) is 44.2 Å². The van der Waals surface area contributed by atoms with Crippen molar-refractivity contribution in [3.05, 3.63) is 59.2 Å². The number of hydrogen-bond donors (Lipinski definition) is 2. The van der Waals surface area contributed by atoms with Gasteiger partial charge < -0.3 is 15.4 Å². The lowest BCUT2D eigenvalue weighted by Crippen LogP contribution is -2.29. The van der Waals surface area contributed by atoms with Gasteiger partial charge in [-0.25, -0.2) is 4.79 Å². The Morgan fingerprint density at radius 1 is 1.04 bits per heavy atom. The maximum Gasteiger partial charge on any atom is 0.573 e. The van der Waals surface area contributed by atoms with E-state index in [9.17, 15) is 18.0 Å². The van der Waals surface area contributed by atoms with Crippen LogP contribution in [0.4, 0.5) is 23.7 Å². The van der Waals surface area contributed by atoms with E-state index in [1.165, 1.54) is 18.2 Å². The number of ether oxygens (including phenoxy) is 1. The van der Waals surface area contributed by atoms with Crippen LogP contribution in [-0.2, 0) is 19.4 Å². The third-order valence-corrected chi connectivity index (χ3v) is 3.82. The lowest BCUT2D eigenvalue weighted by molar-refractivity contribution is -0.274. The number of halogens is 3. The first-order valence-corrected chi connectivity index (χ1v) is 8.32. The summed E-state index contributed by atoms with van der Waals surface area (Å²) in [5, 5.41) is 5.50. The van der Waals surface area contributed by atoms with E-state index in [1.54, 1.807) is 6.07 Å². The smallest absolute Gasteiger partial charge is 0.406 e. The Morgan fingerprint density at radius 2 is 1.65 bits per heavy atom. The second-order valence-corrected chi connectivity index (χ2v) is 5.66. The van der Waals surface area contributed by atoms with Gasteiger partial charge >= 0.3 is 12.4 Å². The number of alkyl halides is 3. The van der Waals surface area contributed by atoms with E-state index >= 15 is 0 Å². The molecule has 2 N–H and O–H groups in total. The quantitative estimate of drug-likeness (QED) is 0.753. The van der Waals surface area contributed by atoms with Crippen LogP contribution in [0.5, 0.6) is 5.75 Å². The monoisotopic (exact) mass is 366 g/mol. The van der Waals surface area contributed by atoms with Crippen LogP contribution in [0.2, 0.25) is 0 Å². The summed E-state index contributed by atoms with van der Waals surface area (Å²) in [5.41, 5.74) is 3.34. The highest BCUT2D eigenvalue weighted by molar-refractivity contribution is 5.91. The summed E-state index contributed by atoms with van der Waals surface area (Å²) in [7, 11) is 0. The molecule has 0 fully saturated rings. The van der Waals surface area contributed by atoms with Gasteiger partial charge in [-0.15, -0.1) is 13.2 Å². The Morgan fingerprint density at radius 3 is 2.23 bits per heavy atom.